The molecular weight excluding hydrogens is 302 g/mol. The molecule has 0 aromatic carbocycles. The van der Waals surface area contributed by atoms with Crippen LogP contribution in [0.15, 0.2) is 24.4 Å². The third-order valence-corrected chi connectivity index (χ3v) is 5.75. The number of anilines is 1. The van der Waals surface area contributed by atoms with Crippen molar-refractivity contribution in [2.24, 2.45) is 0 Å². The predicted molar refractivity (Wildman–Crippen MR) is 85.2 cm³/mol. The third kappa shape index (κ3) is 3.59. The van der Waals surface area contributed by atoms with Crippen molar-refractivity contribution in [3.05, 3.63) is 24.4 Å². The van der Waals surface area contributed by atoms with Crippen molar-refractivity contribution in [2.45, 2.75) is 37.4 Å². The first-order valence-corrected chi connectivity index (χ1v) is 9.60. The van der Waals surface area contributed by atoms with Crippen molar-refractivity contribution in [3.63, 3.8) is 0 Å². The molecule has 3 rings (SSSR count). The number of nitrogens with one attached hydrogen (secondary N) is 1. The lowest BCUT2D eigenvalue weighted by molar-refractivity contribution is -0.113. The van der Waals surface area contributed by atoms with Crippen LogP contribution in [0, 0.1) is 0 Å². The highest BCUT2D eigenvalue weighted by atomic mass is 32.2. The van der Waals surface area contributed by atoms with Gasteiger partial charge in [0.2, 0.25) is 10.0 Å². The smallest absolute Gasteiger partial charge is 0.211 e. The van der Waals surface area contributed by atoms with Crippen molar-refractivity contribution in [1.29, 1.82) is 0 Å². The lowest BCUT2D eigenvalue weighted by atomic mass is 9.90. The summed E-state index contributed by atoms with van der Waals surface area (Å²) in [5.74, 6) is 0.843. The van der Waals surface area contributed by atoms with Gasteiger partial charge in [-0.05, 0) is 37.8 Å². The van der Waals surface area contributed by atoms with Gasteiger partial charge in [-0.2, -0.15) is 4.31 Å². The lowest BCUT2D eigenvalue weighted by Gasteiger charge is -2.38. The Hall–Kier alpha value is -1.18. The lowest BCUT2D eigenvalue weighted by Crippen LogP contribution is -2.45. The van der Waals surface area contributed by atoms with Crippen molar-refractivity contribution in [3.8, 4) is 0 Å². The Balaban J connectivity index is 1.58. The fourth-order valence-corrected chi connectivity index (χ4v) is 4.24. The number of sulfonamides is 1. The Bertz CT molecular complexity index is 608. The molecule has 0 aliphatic carbocycles. The quantitative estimate of drug-likeness (QED) is 0.907. The fraction of sp³-hybridized carbons (Fsp3) is 0.667. The Morgan fingerprint density at radius 3 is 3.00 bits per heavy atom. The molecule has 2 aliphatic heterocycles. The van der Waals surface area contributed by atoms with Gasteiger partial charge in [-0.3, -0.25) is 0 Å². The van der Waals surface area contributed by atoms with Crippen LogP contribution in [-0.4, -0.2) is 55.3 Å². The van der Waals surface area contributed by atoms with Gasteiger partial charge in [0.1, 0.15) is 5.82 Å². The second-order valence-corrected chi connectivity index (χ2v) is 8.24. The Labute approximate surface area is 131 Å². The van der Waals surface area contributed by atoms with E-state index in [0.717, 1.165) is 31.5 Å². The van der Waals surface area contributed by atoms with E-state index in [9.17, 15) is 8.42 Å². The average molecular weight is 325 g/mol. The number of rotatable bonds is 4. The summed E-state index contributed by atoms with van der Waals surface area (Å²) in [4.78, 5) is 4.24. The standard InChI is InChI=1S/C15H23N3O3S/c1-22(19,20)18-10-8-15(12-18)7-4-5-13(21-15)11-17-14-6-2-3-9-16-14/h2-3,6,9,13H,4-5,7-8,10-12H2,1H3,(H,16,17)/t13-,15-/m1/s1. The Morgan fingerprint density at radius 1 is 1.45 bits per heavy atom. The molecule has 7 heteroatoms. The molecular formula is C15H23N3O3S. The van der Waals surface area contributed by atoms with Crippen LogP contribution in [0.5, 0.6) is 0 Å². The first-order chi connectivity index (χ1) is 10.5. The van der Waals surface area contributed by atoms with Crippen LogP contribution in [0.4, 0.5) is 5.82 Å². The van der Waals surface area contributed by atoms with Gasteiger partial charge in [-0.15, -0.1) is 0 Å². The molecule has 0 bridgehead atoms. The molecule has 3 heterocycles. The first kappa shape index (κ1) is 15.7. The van der Waals surface area contributed by atoms with Crippen LogP contribution in [-0.2, 0) is 14.8 Å². The predicted octanol–water partition coefficient (Wildman–Crippen LogP) is 1.47. The van der Waals surface area contributed by atoms with E-state index in [4.69, 9.17) is 4.74 Å². The van der Waals surface area contributed by atoms with Crippen molar-refractivity contribution < 1.29 is 13.2 Å². The van der Waals surface area contributed by atoms with Crippen LogP contribution in [0.25, 0.3) is 0 Å². The fourth-order valence-electron chi connectivity index (χ4n) is 3.34. The number of ether oxygens (including phenoxy) is 1. The van der Waals surface area contributed by atoms with Crippen LogP contribution >= 0.6 is 0 Å². The molecule has 6 nitrogen and oxygen atoms in total. The van der Waals surface area contributed by atoms with Crippen molar-refractivity contribution >= 4 is 15.8 Å². The zero-order valence-corrected chi connectivity index (χ0v) is 13.7. The average Bonchev–Trinajstić information content (AvgIpc) is 2.90. The number of hydrogen-bond acceptors (Lipinski definition) is 5. The number of nitrogens with zero attached hydrogens (tertiary/aromatic N) is 2. The van der Waals surface area contributed by atoms with Crippen LogP contribution in [0.1, 0.15) is 25.7 Å². The molecule has 1 aromatic heterocycles. The Morgan fingerprint density at radius 2 is 2.32 bits per heavy atom. The van der Waals surface area contributed by atoms with E-state index in [1.165, 1.54) is 6.26 Å². The van der Waals surface area contributed by atoms with Gasteiger partial charge in [0, 0.05) is 25.8 Å². The molecule has 1 spiro atoms. The van der Waals surface area contributed by atoms with Crippen molar-refractivity contribution in [2.75, 3.05) is 31.2 Å². The van der Waals surface area contributed by atoms with Gasteiger partial charge in [0.05, 0.1) is 18.0 Å². The van der Waals surface area contributed by atoms with Gasteiger partial charge < -0.3 is 10.1 Å². The first-order valence-electron chi connectivity index (χ1n) is 7.75. The molecule has 0 saturated carbocycles. The molecule has 2 aliphatic rings. The van der Waals surface area contributed by atoms with Gasteiger partial charge in [0.25, 0.3) is 0 Å². The highest BCUT2D eigenvalue weighted by Gasteiger charge is 2.45. The van der Waals surface area contributed by atoms with E-state index >= 15 is 0 Å². The molecule has 0 amide bonds. The topological polar surface area (TPSA) is 71.5 Å². The maximum atomic E-state index is 11.7. The molecule has 122 valence electrons. The summed E-state index contributed by atoms with van der Waals surface area (Å²) in [6.07, 6.45) is 6.95. The molecule has 2 fully saturated rings. The van der Waals surface area contributed by atoms with E-state index in [2.05, 4.69) is 10.3 Å². The summed E-state index contributed by atoms with van der Waals surface area (Å²) in [5, 5.41) is 3.29. The Kier molecular flexibility index (Phi) is 4.38. The van der Waals surface area contributed by atoms with E-state index in [1.807, 2.05) is 18.2 Å². The summed E-state index contributed by atoms with van der Waals surface area (Å²) < 4.78 is 31.2. The molecule has 2 atom stereocenters. The molecule has 1 N–H and O–H groups in total. The number of pyridine rings is 1. The van der Waals surface area contributed by atoms with Crippen LogP contribution in [0.2, 0.25) is 0 Å². The largest absolute Gasteiger partial charge is 0.369 e. The van der Waals surface area contributed by atoms with Gasteiger partial charge in [-0.25, -0.2) is 13.4 Å². The normalized spacial score (nSPS) is 29.8. The maximum absolute atomic E-state index is 11.7. The number of hydrogen-bond donors (Lipinski definition) is 1. The maximum Gasteiger partial charge on any atom is 0.211 e. The summed E-state index contributed by atoms with van der Waals surface area (Å²) >= 11 is 0. The van der Waals surface area contributed by atoms with E-state index in [1.54, 1.807) is 10.5 Å². The zero-order chi connectivity index (χ0) is 15.6. The molecule has 22 heavy (non-hydrogen) atoms. The minimum atomic E-state index is -3.12. The highest BCUT2D eigenvalue weighted by Crippen LogP contribution is 2.37. The van der Waals surface area contributed by atoms with Gasteiger partial charge >= 0.3 is 0 Å². The van der Waals surface area contributed by atoms with Crippen LogP contribution in [0.3, 0.4) is 0 Å². The monoisotopic (exact) mass is 325 g/mol. The van der Waals surface area contributed by atoms with E-state index < -0.39 is 10.0 Å². The van der Waals surface area contributed by atoms with E-state index in [0.29, 0.717) is 19.6 Å². The summed E-state index contributed by atoms with van der Waals surface area (Å²) in [5.41, 5.74) is -0.294. The van der Waals surface area contributed by atoms with Gasteiger partial charge in [0.15, 0.2) is 0 Å². The highest BCUT2D eigenvalue weighted by molar-refractivity contribution is 7.88. The summed E-state index contributed by atoms with van der Waals surface area (Å²) in [6.45, 7) is 1.77. The molecule has 0 unspecified atom stereocenters. The zero-order valence-electron chi connectivity index (χ0n) is 12.9. The number of aromatic nitrogens is 1. The third-order valence-electron chi connectivity index (χ3n) is 4.50. The van der Waals surface area contributed by atoms with E-state index in [-0.39, 0.29) is 11.7 Å². The van der Waals surface area contributed by atoms with Gasteiger partial charge in [-0.1, -0.05) is 6.07 Å². The molecule has 0 radical (unpaired) electrons. The second kappa shape index (κ2) is 6.14. The molecule has 1 aromatic rings. The van der Waals surface area contributed by atoms with Crippen molar-refractivity contribution in [1.82, 2.24) is 9.29 Å². The minimum absolute atomic E-state index is 0.107. The SMILES string of the molecule is CS(=O)(=O)N1CC[C@]2(CCC[C@H](CNc3ccccn3)O2)C1. The minimum Gasteiger partial charge on any atom is -0.369 e. The summed E-state index contributed by atoms with van der Waals surface area (Å²) in [7, 11) is -3.12. The summed E-state index contributed by atoms with van der Waals surface area (Å²) in [6, 6.07) is 5.76. The second-order valence-electron chi connectivity index (χ2n) is 6.26. The van der Waals surface area contributed by atoms with Crippen LogP contribution < -0.4 is 5.32 Å². The molecule has 2 saturated heterocycles.